The van der Waals surface area contributed by atoms with Crippen molar-refractivity contribution in [2.75, 3.05) is 0 Å². The third-order valence-electron chi connectivity index (χ3n) is 0.566. The van der Waals surface area contributed by atoms with Crippen molar-refractivity contribution in [3.8, 4) is 0 Å². The number of hydrogen-bond acceptors (Lipinski definition) is 7. The molecule has 0 saturated heterocycles. The molecule has 7 nitrogen and oxygen atoms in total. The zero-order valence-corrected chi connectivity index (χ0v) is 8.39. The summed E-state index contributed by atoms with van der Waals surface area (Å²) >= 11 is 0. The molecule has 10 heteroatoms. The quantitative estimate of drug-likeness (QED) is 0.510. The number of aliphatic hydroxyl groups is 1. The first kappa shape index (κ1) is 14.4. The maximum Gasteiger partial charge on any atom is 4.00 e. The van der Waals surface area contributed by atoms with Crippen LogP contribution in [-0.4, -0.2) is 10.7 Å². The first-order valence-electron chi connectivity index (χ1n) is 1.87. The van der Waals surface area contributed by atoms with Crippen LogP contribution in [0.1, 0.15) is 0 Å². The summed E-state index contributed by atoms with van der Waals surface area (Å²) in [6.45, 7) is 0. The molecule has 0 unspecified atom stereocenters. The molecule has 1 N–H and O–H groups in total. The number of rotatable bonds is 2. The maximum atomic E-state index is 9.63. The van der Waals surface area contributed by atoms with Gasteiger partial charge in [0.05, 0.1) is 0 Å². The molecule has 0 atom stereocenters. The zero-order valence-electron chi connectivity index (χ0n) is 4.75. The van der Waals surface area contributed by atoms with Gasteiger partial charge in [-0.3, -0.25) is 0 Å². The Labute approximate surface area is 75.1 Å². The molecule has 65 valence electrons. The molecule has 0 heterocycles. The van der Waals surface area contributed by atoms with E-state index < -0.39 is 20.8 Å². The normalized spacial score (nSPS) is 12.9. The van der Waals surface area contributed by atoms with E-state index in [2.05, 4.69) is 0 Å². The molecule has 0 saturated carbocycles. The van der Waals surface area contributed by atoms with Crippen molar-refractivity contribution in [3.05, 3.63) is 0 Å². The standard InChI is InChI=1S/CH6O7P2.Tc/c2-1(9(3,4)5)10(6,7)8;/h1-2H,(H2,3,4,5)(H2,6,7,8);/q;+4/p-4. The van der Waals surface area contributed by atoms with Crippen molar-refractivity contribution in [3.63, 3.8) is 0 Å². The van der Waals surface area contributed by atoms with E-state index in [9.17, 15) is 28.7 Å². The Hall–Kier alpha value is 0.909. The predicted molar refractivity (Wildman–Crippen MR) is 21.2 cm³/mol. The van der Waals surface area contributed by atoms with E-state index in [1.807, 2.05) is 0 Å². The smallest absolute Gasteiger partial charge is 0.809 e. The third kappa shape index (κ3) is 5.20. The summed E-state index contributed by atoms with van der Waals surface area (Å²) in [7, 11) is -11.4. The minimum atomic E-state index is -5.71. The summed E-state index contributed by atoms with van der Waals surface area (Å²) in [5.74, 6) is 0. The van der Waals surface area contributed by atoms with Crippen LogP contribution in [0, 0.1) is 0 Å². The minimum Gasteiger partial charge on any atom is -0.809 e. The molecule has 0 spiro atoms. The Balaban J connectivity index is 0. The van der Waals surface area contributed by atoms with Crippen LogP contribution in [0.5, 0.6) is 0 Å². The molecule has 0 aliphatic rings. The second-order valence-corrected chi connectivity index (χ2v) is 4.97. The van der Waals surface area contributed by atoms with Crippen molar-refractivity contribution < 1.29 is 53.9 Å². The second kappa shape index (κ2) is 4.23. The van der Waals surface area contributed by atoms with Gasteiger partial charge in [0.1, 0.15) is 5.59 Å². The van der Waals surface area contributed by atoms with E-state index in [-0.39, 0.29) is 20.1 Å². The molecule has 0 amide bonds. The molecular weight excluding hydrogens is 284 g/mol. The van der Waals surface area contributed by atoms with E-state index in [0.717, 1.165) is 0 Å². The summed E-state index contributed by atoms with van der Waals surface area (Å²) in [4.78, 5) is 38.5. The number of aliphatic hydroxyl groups excluding tert-OH is 1. The molecule has 11 heavy (non-hydrogen) atoms. The Kier molecular flexibility index (Phi) is 5.55. The van der Waals surface area contributed by atoms with Crippen LogP contribution < -0.4 is 19.6 Å². The van der Waals surface area contributed by atoms with Crippen LogP contribution in [0.15, 0.2) is 0 Å². The fourth-order valence-electron chi connectivity index (χ4n) is 0.173. The van der Waals surface area contributed by atoms with Crippen LogP contribution in [-0.2, 0) is 29.2 Å². The molecule has 0 aromatic heterocycles. The van der Waals surface area contributed by atoms with Gasteiger partial charge in [-0.1, -0.05) is 0 Å². The molecule has 1 radical (unpaired) electrons. The third-order valence-corrected chi connectivity index (χ3v) is 3.39. The van der Waals surface area contributed by atoms with Gasteiger partial charge < -0.3 is 33.8 Å². The van der Waals surface area contributed by atoms with Gasteiger partial charge in [0, 0.05) is 0 Å². The topological polar surface area (TPSA) is 147 Å². The molecule has 0 bridgehead atoms. The van der Waals surface area contributed by atoms with Crippen molar-refractivity contribution in [1.29, 1.82) is 0 Å². The monoisotopic (exact) mass is 285 g/mol. The van der Waals surface area contributed by atoms with Gasteiger partial charge in [0.15, 0.2) is 0 Å². The van der Waals surface area contributed by atoms with Crippen molar-refractivity contribution in [2.24, 2.45) is 0 Å². The maximum absolute atomic E-state index is 9.63. The van der Waals surface area contributed by atoms with Gasteiger partial charge in [0.25, 0.3) is 0 Å². The van der Waals surface area contributed by atoms with Gasteiger partial charge in [-0.15, -0.1) is 0 Å². The van der Waals surface area contributed by atoms with Crippen LogP contribution in [0.2, 0.25) is 0 Å². The van der Waals surface area contributed by atoms with Crippen molar-refractivity contribution >= 4 is 15.2 Å². The van der Waals surface area contributed by atoms with Gasteiger partial charge in [-0.25, -0.2) is 0 Å². The van der Waals surface area contributed by atoms with E-state index in [0.29, 0.717) is 0 Å². The summed E-state index contributed by atoms with van der Waals surface area (Å²) in [5, 5.41) is 7.95. The average molecular weight is 286 g/mol. The largest absolute Gasteiger partial charge is 4.00 e. The molecule has 0 aliphatic heterocycles. The summed E-state index contributed by atoms with van der Waals surface area (Å²) in [6, 6.07) is 0. The fraction of sp³-hybridized carbons (Fsp3) is 1.00. The first-order chi connectivity index (χ1) is 4.15. The summed E-state index contributed by atoms with van der Waals surface area (Å²) in [5.41, 5.74) is -3.35. The molecule has 0 aliphatic carbocycles. The second-order valence-electron chi connectivity index (χ2n) is 1.43. The number of hydrogen-bond donors (Lipinski definition) is 1. The zero-order chi connectivity index (χ0) is 8.58. The van der Waals surface area contributed by atoms with Gasteiger partial charge in [0.2, 0.25) is 0 Å². The summed E-state index contributed by atoms with van der Waals surface area (Å²) < 4.78 is 19.3. The first-order valence-corrected chi connectivity index (χ1v) is 5.09. The predicted octanol–water partition coefficient (Wildman–Crippen LogP) is -3.91. The van der Waals surface area contributed by atoms with E-state index in [4.69, 9.17) is 5.11 Å². The van der Waals surface area contributed by atoms with Crippen molar-refractivity contribution in [1.82, 2.24) is 0 Å². The van der Waals surface area contributed by atoms with Crippen LogP contribution in [0.25, 0.3) is 0 Å². The summed E-state index contributed by atoms with van der Waals surface area (Å²) in [6.07, 6.45) is 0. The van der Waals surface area contributed by atoms with Gasteiger partial charge in [-0.2, -0.15) is 0 Å². The minimum absolute atomic E-state index is 0. The Bertz CT molecular complexity index is 178. The van der Waals surface area contributed by atoms with Crippen LogP contribution in [0.3, 0.4) is 0 Å². The molecule has 0 aromatic carbocycles. The van der Waals surface area contributed by atoms with Crippen molar-refractivity contribution in [2.45, 2.75) is 5.59 Å². The van der Waals surface area contributed by atoms with E-state index in [1.165, 1.54) is 0 Å². The van der Waals surface area contributed by atoms with Gasteiger partial charge in [-0.05, 0) is 15.2 Å². The van der Waals surface area contributed by atoms with Gasteiger partial charge >= 0.3 is 20.1 Å². The molecule has 0 aromatic rings. The Morgan fingerprint density at radius 2 is 1.18 bits per heavy atom. The average Bonchev–Trinajstić information content (AvgIpc) is 1.59. The van der Waals surface area contributed by atoms with E-state index >= 15 is 0 Å². The Morgan fingerprint density at radius 1 is 1.00 bits per heavy atom. The molecule has 0 rings (SSSR count). The Morgan fingerprint density at radius 3 is 1.18 bits per heavy atom. The van der Waals surface area contributed by atoms with Crippen LogP contribution >= 0.6 is 15.2 Å². The van der Waals surface area contributed by atoms with Crippen LogP contribution in [0.4, 0.5) is 0 Å². The van der Waals surface area contributed by atoms with E-state index in [1.54, 1.807) is 0 Å². The fourth-order valence-corrected chi connectivity index (χ4v) is 1.56. The molecular formula is CH2O7P2Tc. The molecule has 0 fully saturated rings. The SMILES string of the molecule is O=P([O-])([O-])C(O)P(=O)([O-])[O-].[Tc+4].